The van der Waals surface area contributed by atoms with Gasteiger partial charge in [-0.2, -0.15) is 11.1 Å². The van der Waals surface area contributed by atoms with Gasteiger partial charge in [-0.05, 0) is 71.1 Å². The van der Waals surface area contributed by atoms with Crippen LogP contribution in [0.15, 0.2) is 43.8 Å². The van der Waals surface area contributed by atoms with Gasteiger partial charge in [-0.1, -0.05) is 46.5 Å². The van der Waals surface area contributed by atoms with Crippen molar-refractivity contribution in [3.05, 3.63) is 43.8 Å². The van der Waals surface area contributed by atoms with Gasteiger partial charge < -0.3 is 0 Å². The first-order valence-electron chi connectivity index (χ1n) is 8.00. The van der Waals surface area contributed by atoms with Gasteiger partial charge in [-0.25, -0.2) is 0 Å². The van der Waals surface area contributed by atoms with Gasteiger partial charge >= 0.3 is 0 Å². The minimum atomic E-state index is -2.11. The van der Waals surface area contributed by atoms with E-state index < -0.39 is 7.38 Å². The third-order valence-corrected chi connectivity index (χ3v) is 11.2. The fourth-order valence-corrected chi connectivity index (χ4v) is 10.4. The number of allylic oxidation sites excluding steroid dienone is 8. The molecule has 0 spiro atoms. The van der Waals surface area contributed by atoms with Gasteiger partial charge in [0, 0.05) is 0 Å². The number of hydrogen-bond donors (Lipinski definition) is 0. The third-order valence-electron chi connectivity index (χ3n) is 6.29. The monoisotopic (exact) mass is 320 g/mol. The zero-order valence-corrected chi connectivity index (χ0v) is 16.8. The molecule has 116 valence electrons. The smallest absolute Gasteiger partial charge is 0.156 e. The molecule has 0 radical (unpaired) electrons. The summed E-state index contributed by atoms with van der Waals surface area (Å²) in [5.74, 6) is 1.01. The summed E-state index contributed by atoms with van der Waals surface area (Å²) in [6.07, 6.45) is 0. The van der Waals surface area contributed by atoms with Crippen molar-refractivity contribution in [3.8, 4) is 0 Å². The van der Waals surface area contributed by atoms with E-state index in [1.165, 1.54) is 33.4 Å². The summed E-state index contributed by atoms with van der Waals surface area (Å²) in [6, 6.07) is 0. The lowest BCUT2D eigenvalue weighted by atomic mass is 10.0. The quantitative estimate of drug-likeness (QED) is 0.403. The Kier molecular flexibility index (Phi) is 4.23. The van der Waals surface area contributed by atoms with E-state index in [1.54, 1.807) is 10.4 Å². The highest BCUT2D eigenvalue weighted by Crippen LogP contribution is 2.50. The molecule has 0 aromatic heterocycles. The summed E-state index contributed by atoms with van der Waals surface area (Å²) in [4.78, 5) is 0. The standard InChI is InChI=1S/C19H29ClSi/c1-10-11(2)15(6)18(14(10)5)21(9,20)19-16(7)12(3)13(4)17(19)8/h14,16H,1-9H3. The zero-order chi connectivity index (χ0) is 16.3. The van der Waals surface area contributed by atoms with E-state index in [0.29, 0.717) is 11.8 Å². The lowest BCUT2D eigenvalue weighted by molar-refractivity contribution is 0.829. The van der Waals surface area contributed by atoms with Crippen LogP contribution in [0.1, 0.15) is 55.4 Å². The molecule has 0 aromatic rings. The lowest BCUT2D eigenvalue weighted by Gasteiger charge is -2.32. The van der Waals surface area contributed by atoms with Crippen molar-refractivity contribution in [2.75, 3.05) is 0 Å². The summed E-state index contributed by atoms with van der Waals surface area (Å²) in [6.45, 7) is 20.6. The van der Waals surface area contributed by atoms with E-state index >= 15 is 0 Å². The van der Waals surface area contributed by atoms with Crippen LogP contribution in [-0.4, -0.2) is 7.38 Å². The Hall–Kier alpha value is -0.533. The van der Waals surface area contributed by atoms with Crippen LogP contribution in [0, 0.1) is 11.8 Å². The average molecular weight is 321 g/mol. The first kappa shape index (κ1) is 16.8. The molecule has 0 nitrogen and oxygen atoms in total. The minimum Gasteiger partial charge on any atom is -0.156 e. The highest BCUT2D eigenvalue weighted by atomic mass is 35.6. The highest BCUT2D eigenvalue weighted by molar-refractivity contribution is 7.27. The van der Waals surface area contributed by atoms with Crippen molar-refractivity contribution in [2.45, 2.75) is 61.9 Å². The van der Waals surface area contributed by atoms with Crippen LogP contribution in [0.4, 0.5) is 0 Å². The Balaban J connectivity index is 2.57. The topological polar surface area (TPSA) is 0 Å². The average Bonchev–Trinajstić information content (AvgIpc) is 2.72. The number of halogens is 1. The normalized spacial score (nSPS) is 30.0. The van der Waals surface area contributed by atoms with Gasteiger partial charge in [0.1, 0.15) is 0 Å². The van der Waals surface area contributed by atoms with E-state index in [0.717, 1.165) is 0 Å². The predicted octanol–water partition coefficient (Wildman–Crippen LogP) is 6.48. The molecule has 2 unspecified atom stereocenters. The molecule has 2 atom stereocenters. The Labute approximate surface area is 136 Å². The van der Waals surface area contributed by atoms with Crippen LogP contribution in [0.5, 0.6) is 0 Å². The Morgan fingerprint density at radius 2 is 0.952 bits per heavy atom. The summed E-state index contributed by atoms with van der Waals surface area (Å²) < 4.78 is 0. The molecular formula is C19H29ClSi. The Morgan fingerprint density at radius 3 is 1.14 bits per heavy atom. The zero-order valence-electron chi connectivity index (χ0n) is 15.0. The van der Waals surface area contributed by atoms with Crippen LogP contribution in [0.3, 0.4) is 0 Å². The fraction of sp³-hybridized carbons (Fsp3) is 0.579. The maximum Gasteiger partial charge on any atom is 0.208 e. The molecule has 0 bridgehead atoms. The van der Waals surface area contributed by atoms with Gasteiger partial charge in [-0.3, -0.25) is 0 Å². The van der Waals surface area contributed by atoms with Crippen LogP contribution in [0.2, 0.25) is 6.55 Å². The molecule has 2 rings (SSSR count). The van der Waals surface area contributed by atoms with Crippen LogP contribution >= 0.6 is 11.1 Å². The fourth-order valence-electron chi connectivity index (χ4n) is 4.39. The molecule has 0 fully saturated rings. The van der Waals surface area contributed by atoms with E-state index in [2.05, 4.69) is 61.9 Å². The largest absolute Gasteiger partial charge is 0.208 e. The summed E-state index contributed by atoms with van der Waals surface area (Å²) in [5, 5.41) is 3.09. The molecule has 2 aliphatic rings. The van der Waals surface area contributed by atoms with E-state index in [4.69, 9.17) is 11.1 Å². The molecule has 2 aliphatic carbocycles. The Bertz CT molecular complexity index is 572. The highest BCUT2D eigenvalue weighted by Gasteiger charge is 2.45. The van der Waals surface area contributed by atoms with Crippen LogP contribution < -0.4 is 0 Å². The third kappa shape index (κ3) is 2.24. The SMILES string of the molecule is CC1=C(C)C(C)C([Si](C)(Cl)C2=C(C)C(C)=C(C)C2C)=C1C. The van der Waals surface area contributed by atoms with E-state index in [1.807, 2.05) is 0 Å². The summed E-state index contributed by atoms with van der Waals surface area (Å²) >= 11 is 7.36. The second-order valence-electron chi connectivity index (χ2n) is 7.14. The van der Waals surface area contributed by atoms with Crippen molar-refractivity contribution < 1.29 is 0 Å². The van der Waals surface area contributed by atoms with Crippen LogP contribution in [-0.2, 0) is 0 Å². The van der Waals surface area contributed by atoms with Crippen LogP contribution in [0.25, 0.3) is 0 Å². The van der Waals surface area contributed by atoms with Crippen molar-refractivity contribution >= 4 is 18.5 Å². The van der Waals surface area contributed by atoms with Gasteiger partial charge in [0.2, 0.25) is 7.38 Å². The molecular weight excluding hydrogens is 292 g/mol. The molecule has 0 aromatic carbocycles. The van der Waals surface area contributed by atoms with E-state index in [9.17, 15) is 0 Å². The van der Waals surface area contributed by atoms with Gasteiger partial charge in [-0.15, -0.1) is 0 Å². The summed E-state index contributed by atoms with van der Waals surface area (Å²) in [5.41, 5.74) is 8.85. The second kappa shape index (κ2) is 5.28. The van der Waals surface area contributed by atoms with Crippen molar-refractivity contribution in [3.63, 3.8) is 0 Å². The molecule has 0 amide bonds. The lowest BCUT2D eigenvalue weighted by Crippen LogP contribution is -2.35. The minimum absolute atomic E-state index is 0.507. The molecule has 0 saturated heterocycles. The van der Waals surface area contributed by atoms with Crippen molar-refractivity contribution in [1.82, 2.24) is 0 Å². The Morgan fingerprint density at radius 1 is 0.667 bits per heavy atom. The molecule has 0 N–H and O–H groups in total. The molecule has 0 aliphatic heterocycles. The molecule has 2 heteroatoms. The predicted molar refractivity (Wildman–Crippen MR) is 97.9 cm³/mol. The summed E-state index contributed by atoms with van der Waals surface area (Å²) in [7, 11) is -2.11. The molecule has 0 saturated carbocycles. The van der Waals surface area contributed by atoms with Gasteiger partial charge in [0.25, 0.3) is 0 Å². The van der Waals surface area contributed by atoms with Gasteiger partial charge in [0.05, 0.1) is 0 Å². The second-order valence-corrected chi connectivity index (χ2v) is 12.5. The maximum absolute atomic E-state index is 7.36. The maximum atomic E-state index is 7.36. The number of rotatable bonds is 2. The molecule has 21 heavy (non-hydrogen) atoms. The molecule has 0 heterocycles. The van der Waals surface area contributed by atoms with E-state index in [-0.39, 0.29) is 0 Å². The number of hydrogen-bond acceptors (Lipinski definition) is 0. The first-order valence-corrected chi connectivity index (χ1v) is 11.5. The first-order chi connectivity index (χ1) is 9.53. The van der Waals surface area contributed by atoms with Gasteiger partial charge in [0.15, 0.2) is 0 Å². The van der Waals surface area contributed by atoms with Crippen molar-refractivity contribution in [2.24, 2.45) is 11.8 Å². The van der Waals surface area contributed by atoms with Crippen molar-refractivity contribution in [1.29, 1.82) is 0 Å².